The maximum absolute atomic E-state index is 12.8. The number of fused-ring (bicyclic) bond motifs is 1. The predicted octanol–water partition coefficient (Wildman–Crippen LogP) is 3.08. The van der Waals surface area contributed by atoms with Crippen LogP contribution in [0.3, 0.4) is 0 Å². The minimum atomic E-state index is -4.54. The maximum Gasteiger partial charge on any atom is 0.417 e. The zero-order valence-electron chi connectivity index (χ0n) is 15.4. The van der Waals surface area contributed by atoms with Gasteiger partial charge in [-0.15, -0.1) is 0 Å². The van der Waals surface area contributed by atoms with E-state index in [0.717, 1.165) is 16.7 Å². The van der Waals surface area contributed by atoms with Crippen LogP contribution < -0.4 is 11.0 Å². The van der Waals surface area contributed by atoms with Gasteiger partial charge in [0, 0.05) is 11.8 Å². The van der Waals surface area contributed by atoms with Gasteiger partial charge in [-0.25, -0.2) is 24.3 Å². The molecule has 0 saturated heterocycles. The van der Waals surface area contributed by atoms with Crippen molar-refractivity contribution in [2.24, 2.45) is 0 Å². The first-order valence-corrected chi connectivity index (χ1v) is 8.61. The molecule has 0 aliphatic carbocycles. The summed E-state index contributed by atoms with van der Waals surface area (Å²) in [4.78, 5) is 39.2. The number of pyridine rings is 1. The molecule has 0 aliphatic heterocycles. The summed E-state index contributed by atoms with van der Waals surface area (Å²) in [6, 6.07) is 6.40. The molecule has 152 valence electrons. The Bertz CT molecular complexity index is 1290. The summed E-state index contributed by atoms with van der Waals surface area (Å²) in [6.07, 6.45) is -0.982. The highest BCUT2D eigenvalue weighted by Gasteiger charge is 2.30. The third kappa shape index (κ3) is 3.64. The fourth-order valence-corrected chi connectivity index (χ4v) is 2.82. The first-order chi connectivity index (χ1) is 14.2. The molecule has 0 unspecified atom stereocenters. The molecule has 1 amide bonds. The van der Waals surface area contributed by atoms with Crippen molar-refractivity contribution in [1.82, 2.24) is 24.5 Å². The van der Waals surface area contributed by atoms with Gasteiger partial charge in [0.1, 0.15) is 11.6 Å². The number of benzene rings is 1. The van der Waals surface area contributed by atoms with Crippen LogP contribution >= 0.6 is 0 Å². The Balaban J connectivity index is 1.71. The van der Waals surface area contributed by atoms with Crippen LogP contribution in [0, 0.1) is 6.92 Å². The Hall–Kier alpha value is -4.02. The molecular formula is C19H13F3N6O2. The molecule has 0 spiro atoms. The van der Waals surface area contributed by atoms with Gasteiger partial charge in [0.15, 0.2) is 0 Å². The van der Waals surface area contributed by atoms with Gasteiger partial charge in [0.05, 0.1) is 34.7 Å². The Morgan fingerprint density at radius 3 is 2.43 bits per heavy atom. The summed E-state index contributed by atoms with van der Waals surface area (Å²) < 4.78 is 39.4. The smallest absolute Gasteiger partial charge is 0.319 e. The van der Waals surface area contributed by atoms with E-state index in [9.17, 15) is 22.8 Å². The van der Waals surface area contributed by atoms with E-state index in [4.69, 9.17) is 0 Å². The first-order valence-electron chi connectivity index (χ1n) is 8.61. The molecule has 11 heteroatoms. The largest absolute Gasteiger partial charge is 0.417 e. The van der Waals surface area contributed by atoms with Crippen LogP contribution in [0.25, 0.3) is 16.9 Å². The van der Waals surface area contributed by atoms with Gasteiger partial charge >= 0.3 is 11.9 Å². The molecule has 4 rings (SSSR count). The summed E-state index contributed by atoms with van der Waals surface area (Å²) in [5, 5.41) is 2.64. The molecule has 0 radical (unpaired) electrons. The topological polar surface area (TPSA) is 106 Å². The molecule has 3 heterocycles. The van der Waals surface area contributed by atoms with Gasteiger partial charge in [0.2, 0.25) is 0 Å². The molecule has 0 aliphatic rings. The number of aromatic nitrogens is 5. The highest BCUT2D eigenvalue weighted by atomic mass is 19.4. The van der Waals surface area contributed by atoms with Crippen LogP contribution in [0.1, 0.15) is 21.7 Å². The van der Waals surface area contributed by atoms with Gasteiger partial charge < -0.3 is 10.3 Å². The quantitative estimate of drug-likeness (QED) is 0.536. The summed E-state index contributed by atoms with van der Waals surface area (Å²) in [6.45, 7) is 1.71. The third-order valence-corrected chi connectivity index (χ3v) is 4.29. The molecule has 3 aromatic heterocycles. The summed E-state index contributed by atoms with van der Waals surface area (Å²) in [5.74, 6) is 0.0727. The van der Waals surface area contributed by atoms with E-state index in [1.807, 2.05) is 0 Å². The minimum Gasteiger partial charge on any atom is -0.319 e. The SMILES string of the molecule is Cc1ncc(NC(=O)c2ccc3[nH]c(=O)n(-c4ccc(C(F)(F)F)cn4)c3c2)cn1. The summed E-state index contributed by atoms with van der Waals surface area (Å²) in [5.41, 5.74) is -0.220. The summed E-state index contributed by atoms with van der Waals surface area (Å²) in [7, 11) is 0. The number of aryl methyl sites for hydroxylation is 1. The van der Waals surface area contributed by atoms with E-state index in [0.29, 0.717) is 28.7 Å². The number of carbonyl (C=O) groups is 1. The van der Waals surface area contributed by atoms with Crippen LogP contribution in [-0.2, 0) is 6.18 Å². The number of rotatable bonds is 3. The Labute approximate surface area is 166 Å². The molecule has 0 atom stereocenters. The van der Waals surface area contributed by atoms with Crippen molar-refractivity contribution in [3.05, 3.63) is 76.4 Å². The van der Waals surface area contributed by atoms with Crippen molar-refractivity contribution in [1.29, 1.82) is 0 Å². The van der Waals surface area contributed by atoms with Crippen LogP contribution in [0.2, 0.25) is 0 Å². The monoisotopic (exact) mass is 414 g/mol. The molecule has 30 heavy (non-hydrogen) atoms. The standard InChI is InChI=1S/C19H13F3N6O2/c1-10-23-8-13(9-24-10)26-17(29)11-2-4-14-15(6-11)28(18(30)27-14)16-5-3-12(7-25-16)19(20,21)22/h2-9H,1H3,(H,26,29)(H,27,30). The van der Waals surface area contributed by atoms with E-state index in [1.165, 1.54) is 30.6 Å². The normalized spacial score (nSPS) is 11.6. The fourth-order valence-electron chi connectivity index (χ4n) is 2.82. The number of anilines is 1. The Morgan fingerprint density at radius 1 is 1.07 bits per heavy atom. The predicted molar refractivity (Wildman–Crippen MR) is 101 cm³/mol. The molecule has 0 bridgehead atoms. The number of hydrogen-bond acceptors (Lipinski definition) is 5. The van der Waals surface area contributed by atoms with Crippen LogP contribution in [-0.4, -0.2) is 30.4 Å². The third-order valence-electron chi connectivity index (χ3n) is 4.29. The van der Waals surface area contributed by atoms with Crippen molar-refractivity contribution in [2.75, 3.05) is 5.32 Å². The molecule has 0 fully saturated rings. The maximum atomic E-state index is 12.8. The second kappa shape index (κ2) is 7.10. The van der Waals surface area contributed by atoms with Gasteiger partial charge in [-0.05, 0) is 37.3 Å². The number of carbonyl (C=O) groups excluding carboxylic acids is 1. The van der Waals surface area contributed by atoms with E-state index >= 15 is 0 Å². The number of alkyl halides is 3. The summed E-state index contributed by atoms with van der Waals surface area (Å²) >= 11 is 0. The Morgan fingerprint density at radius 2 is 1.80 bits per heavy atom. The van der Waals surface area contributed by atoms with E-state index in [2.05, 4.69) is 25.3 Å². The highest BCUT2D eigenvalue weighted by Crippen LogP contribution is 2.29. The number of amides is 1. The molecule has 4 aromatic rings. The second-order valence-corrected chi connectivity index (χ2v) is 6.37. The van der Waals surface area contributed by atoms with Crippen molar-refractivity contribution in [3.8, 4) is 5.82 Å². The van der Waals surface area contributed by atoms with Crippen molar-refractivity contribution < 1.29 is 18.0 Å². The molecule has 8 nitrogen and oxygen atoms in total. The number of H-pyrrole nitrogens is 1. The number of aromatic amines is 1. The average Bonchev–Trinajstić information content (AvgIpc) is 3.04. The van der Waals surface area contributed by atoms with Crippen molar-refractivity contribution >= 4 is 22.6 Å². The number of halogens is 3. The van der Waals surface area contributed by atoms with Crippen molar-refractivity contribution in [3.63, 3.8) is 0 Å². The van der Waals surface area contributed by atoms with E-state index in [-0.39, 0.29) is 11.4 Å². The number of imidazole rings is 1. The molecular weight excluding hydrogens is 401 g/mol. The first kappa shape index (κ1) is 19.3. The van der Waals surface area contributed by atoms with E-state index < -0.39 is 23.3 Å². The Kier molecular flexibility index (Phi) is 4.57. The molecule has 2 N–H and O–H groups in total. The lowest BCUT2D eigenvalue weighted by molar-refractivity contribution is -0.137. The zero-order chi connectivity index (χ0) is 21.5. The molecule has 0 saturated carbocycles. The van der Waals surface area contributed by atoms with E-state index in [1.54, 1.807) is 6.92 Å². The number of nitrogens with zero attached hydrogens (tertiary/aromatic N) is 4. The zero-order valence-corrected chi connectivity index (χ0v) is 15.4. The van der Waals surface area contributed by atoms with Crippen LogP contribution in [0.5, 0.6) is 0 Å². The minimum absolute atomic E-state index is 0.0104. The second-order valence-electron chi connectivity index (χ2n) is 6.37. The highest BCUT2D eigenvalue weighted by molar-refractivity contribution is 6.05. The van der Waals surface area contributed by atoms with Gasteiger partial charge in [-0.2, -0.15) is 13.2 Å². The molecule has 1 aromatic carbocycles. The lowest BCUT2D eigenvalue weighted by atomic mass is 10.2. The van der Waals surface area contributed by atoms with Gasteiger partial charge in [-0.3, -0.25) is 4.79 Å². The van der Waals surface area contributed by atoms with Crippen molar-refractivity contribution in [2.45, 2.75) is 13.1 Å². The lowest BCUT2D eigenvalue weighted by Gasteiger charge is -2.08. The average molecular weight is 414 g/mol. The number of nitrogens with one attached hydrogen (secondary N) is 2. The lowest BCUT2D eigenvalue weighted by Crippen LogP contribution is -2.17. The van der Waals surface area contributed by atoms with Crippen LogP contribution in [0.15, 0.2) is 53.7 Å². The number of hydrogen-bond donors (Lipinski definition) is 2. The van der Waals surface area contributed by atoms with Crippen LogP contribution in [0.4, 0.5) is 18.9 Å². The van der Waals surface area contributed by atoms with Gasteiger partial charge in [-0.1, -0.05) is 0 Å². The van der Waals surface area contributed by atoms with Gasteiger partial charge in [0.25, 0.3) is 5.91 Å². The fraction of sp³-hybridized carbons (Fsp3) is 0.105.